The highest BCUT2D eigenvalue weighted by molar-refractivity contribution is 7.69. The van der Waals surface area contributed by atoms with E-state index in [0.717, 1.165) is 0 Å². The van der Waals surface area contributed by atoms with Gasteiger partial charge in [0.25, 0.3) is 5.56 Å². The summed E-state index contributed by atoms with van der Waals surface area (Å²) in [4.78, 5) is 66.8. The highest BCUT2D eigenvalue weighted by Gasteiger charge is 2.46. The van der Waals surface area contributed by atoms with Gasteiger partial charge in [-0.1, -0.05) is 0 Å². The second-order valence-corrected chi connectivity index (χ2v) is 15.2. The number of fused-ring (bicyclic) bond motifs is 1. The molecule has 0 spiro atoms. The summed E-state index contributed by atoms with van der Waals surface area (Å²) in [7, 11) is -23.2. The molecular weight excluding hydrogens is 760 g/mol. The topological polar surface area (TPSA) is 420 Å². The molecule has 49 heavy (non-hydrogen) atoms. The fourth-order valence-corrected chi connectivity index (χ4v) is 7.97. The molecule has 0 aromatic carbocycles. The van der Waals surface area contributed by atoms with Crippen LogP contribution in [0, 0.1) is 0 Å². The number of aromatic amines is 1. The van der Waals surface area contributed by atoms with Crippen LogP contribution in [-0.2, 0) is 54.7 Å². The first-order valence-corrected chi connectivity index (χ1v) is 19.3. The van der Waals surface area contributed by atoms with E-state index in [2.05, 4.69) is 32.4 Å². The van der Waals surface area contributed by atoms with E-state index in [1.807, 2.05) is 0 Å². The minimum absolute atomic E-state index is 0.00510. The normalized spacial score (nSPS) is 22.5. The third kappa shape index (κ3) is 16.5. The lowest BCUT2D eigenvalue weighted by atomic mass is 10.2. The lowest BCUT2D eigenvalue weighted by Crippen LogP contribution is -2.26. The van der Waals surface area contributed by atoms with Crippen LogP contribution in [0.2, 0.25) is 0 Å². The molecule has 31 heteroatoms. The zero-order valence-electron chi connectivity index (χ0n) is 24.9. The predicted octanol–water partition coefficient (Wildman–Crippen LogP) is -2.88. The Morgan fingerprint density at radius 2 is 1.53 bits per heavy atom. The number of imidazole rings is 1. The summed E-state index contributed by atoms with van der Waals surface area (Å²) in [6.45, 7) is 1.29. The summed E-state index contributed by atoms with van der Waals surface area (Å²) < 4.78 is 82.2. The molecule has 2 aromatic rings. The van der Waals surface area contributed by atoms with Gasteiger partial charge in [0.05, 0.1) is 65.3 Å². The summed E-state index contributed by atoms with van der Waals surface area (Å²) >= 11 is 0. The van der Waals surface area contributed by atoms with Crippen molar-refractivity contribution in [1.82, 2.24) is 19.5 Å². The van der Waals surface area contributed by atoms with Gasteiger partial charge in [-0.3, -0.25) is 18.9 Å². The van der Waals surface area contributed by atoms with Gasteiger partial charge in [-0.15, -0.1) is 0 Å². The highest BCUT2D eigenvalue weighted by Crippen LogP contribution is 2.70. The molecule has 0 radical (unpaired) electrons. The predicted molar refractivity (Wildman–Crippen MR) is 158 cm³/mol. The quantitative estimate of drug-likeness (QED) is 0.0364. The molecular formula is C18H36N6O21P4. The van der Waals surface area contributed by atoms with Crippen LogP contribution in [0.1, 0.15) is 12.6 Å². The lowest BCUT2D eigenvalue weighted by Gasteiger charge is -2.20. The number of aromatic nitrogens is 4. The zero-order valence-corrected chi connectivity index (χ0v) is 28.5. The Kier molecular flexibility index (Phi) is 17.1. The SMILES string of the molecule is NC(O)COCCOCCOCCO.Nc1nc2c(ncn2[C@H]2C[C@H](O)[C@@H](COP(=O)(O)OP(=O)(O)OP(=O)(O)OP(=O)(O)O)O2)c(=O)[nH]1. The van der Waals surface area contributed by atoms with E-state index in [4.69, 9.17) is 55.3 Å². The molecule has 13 N–H and O–H groups in total. The van der Waals surface area contributed by atoms with Crippen LogP contribution < -0.4 is 17.0 Å². The van der Waals surface area contributed by atoms with Gasteiger partial charge >= 0.3 is 31.3 Å². The van der Waals surface area contributed by atoms with E-state index in [1.165, 1.54) is 10.9 Å². The second-order valence-electron chi connectivity index (χ2n) is 9.24. The van der Waals surface area contributed by atoms with Crippen LogP contribution in [0.15, 0.2) is 11.1 Å². The molecule has 2 aromatic heterocycles. The number of nitrogens with two attached hydrogens (primary N) is 2. The molecule has 3 rings (SSSR count). The fraction of sp³-hybridized carbons (Fsp3) is 0.722. The summed E-state index contributed by atoms with van der Waals surface area (Å²) in [5.74, 6) is -0.227. The minimum atomic E-state index is -5.97. The van der Waals surface area contributed by atoms with E-state index < -0.39 is 68.1 Å². The van der Waals surface area contributed by atoms with Crippen LogP contribution in [0.3, 0.4) is 0 Å². The van der Waals surface area contributed by atoms with Crippen molar-refractivity contribution >= 4 is 48.4 Å². The number of aliphatic hydroxyl groups is 3. The number of hydrogen-bond acceptors (Lipinski definition) is 20. The number of nitrogens with one attached hydrogen (secondary N) is 1. The van der Waals surface area contributed by atoms with Gasteiger partial charge in [0.2, 0.25) is 5.95 Å². The monoisotopic (exact) mass is 796 g/mol. The Balaban J connectivity index is 0.000000502. The van der Waals surface area contributed by atoms with E-state index in [0.29, 0.717) is 33.0 Å². The molecule has 0 amide bonds. The van der Waals surface area contributed by atoms with Crippen molar-refractivity contribution in [2.75, 3.05) is 58.6 Å². The molecule has 27 nitrogen and oxygen atoms in total. The van der Waals surface area contributed by atoms with Gasteiger partial charge in [0.15, 0.2) is 11.2 Å². The fourth-order valence-electron chi connectivity index (χ4n) is 3.51. The zero-order chi connectivity index (χ0) is 37.0. The minimum Gasteiger partial charge on any atom is -0.394 e. The van der Waals surface area contributed by atoms with Gasteiger partial charge in [0.1, 0.15) is 18.6 Å². The van der Waals surface area contributed by atoms with Crippen LogP contribution in [0.4, 0.5) is 5.95 Å². The van der Waals surface area contributed by atoms with Crippen LogP contribution in [0.25, 0.3) is 11.2 Å². The first-order valence-electron chi connectivity index (χ1n) is 13.3. The number of H-pyrrole nitrogens is 1. The third-order valence-electron chi connectivity index (χ3n) is 5.26. The smallest absolute Gasteiger partial charge is 0.394 e. The van der Waals surface area contributed by atoms with Crippen molar-refractivity contribution in [2.45, 2.75) is 31.1 Å². The maximum atomic E-state index is 11.9. The summed E-state index contributed by atoms with van der Waals surface area (Å²) in [6.07, 6.45) is -3.61. The molecule has 0 bridgehead atoms. The molecule has 1 fully saturated rings. The van der Waals surface area contributed by atoms with Gasteiger partial charge in [0, 0.05) is 6.42 Å². The van der Waals surface area contributed by atoms with E-state index in [-0.39, 0.29) is 36.7 Å². The molecule has 1 saturated heterocycles. The molecule has 0 aliphatic carbocycles. The van der Waals surface area contributed by atoms with Crippen LogP contribution in [0.5, 0.6) is 0 Å². The van der Waals surface area contributed by atoms with Crippen LogP contribution in [-0.4, -0.2) is 131 Å². The van der Waals surface area contributed by atoms with Crippen molar-refractivity contribution in [3.05, 3.63) is 16.7 Å². The maximum Gasteiger partial charge on any atom is 0.490 e. The van der Waals surface area contributed by atoms with Gasteiger partial charge in [-0.2, -0.15) is 17.9 Å². The maximum absolute atomic E-state index is 11.9. The van der Waals surface area contributed by atoms with E-state index in [9.17, 15) is 37.9 Å². The largest absolute Gasteiger partial charge is 0.490 e. The van der Waals surface area contributed by atoms with Crippen molar-refractivity contribution in [2.24, 2.45) is 5.73 Å². The molecule has 1 aliphatic heterocycles. The van der Waals surface area contributed by atoms with Crippen molar-refractivity contribution in [1.29, 1.82) is 0 Å². The summed E-state index contributed by atoms with van der Waals surface area (Å²) in [6, 6.07) is 0. The average Bonchev–Trinajstić information content (AvgIpc) is 3.51. The van der Waals surface area contributed by atoms with Crippen molar-refractivity contribution in [3.63, 3.8) is 0 Å². The van der Waals surface area contributed by atoms with Gasteiger partial charge < -0.3 is 70.2 Å². The molecule has 7 atom stereocenters. The Morgan fingerprint density at radius 1 is 0.959 bits per heavy atom. The Labute approximate surface area is 274 Å². The number of nitrogen functional groups attached to an aromatic ring is 1. The number of hydrogen-bond donors (Lipinski definition) is 11. The lowest BCUT2D eigenvalue weighted by molar-refractivity contribution is -0.0423. The highest BCUT2D eigenvalue weighted by atomic mass is 31.3. The Bertz CT molecular complexity index is 1580. The first kappa shape index (κ1) is 43.6. The average molecular weight is 796 g/mol. The number of phosphoric ester groups is 1. The van der Waals surface area contributed by atoms with Crippen molar-refractivity contribution < 1.29 is 94.4 Å². The van der Waals surface area contributed by atoms with Crippen molar-refractivity contribution in [3.8, 4) is 0 Å². The summed E-state index contributed by atoms with van der Waals surface area (Å²) in [5, 5.41) is 27.2. The van der Waals surface area contributed by atoms with Gasteiger partial charge in [-0.05, 0) is 0 Å². The standard InChI is InChI=1S/C10H17N5O16P4.C8H19NO5/c11-10-13-8-7(9(17)14-10)12-3-15(8)6-1-4(16)5(28-6)2-27-33(21,22)30-35(25,26)31-34(23,24)29-32(18,19)20;9-8(11)7-14-6-5-13-4-3-12-2-1-10/h3-6,16H,1-2H2,(H,21,22)(H,23,24)(H,25,26)(H2,18,19,20)(H3,11,13,14,17);8,10-11H,1-7,9H2/t4-,5+,6+;/m0./s1. The number of ether oxygens (including phenoxy) is 4. The van der Waals surface area contributed by atoms with Crippen LogP contribution >= 0.6 is 31.3 Å². The second kappa shape index (κ2) is 19.3. The molecule has 1 aliphatic rings. The molecule has 0 saturated carbocycles. The first-order chi connectivity index (χ1) is 22.6. The Morgan fingerprint density at radius 3 is 2.12 bits per heavy atom. The van der Waals surface area contributed by atoms with Gasteiger partial charge in [-0.25, -0.2) is 23.2 Å². The molecule has 284 valence electrons. The van der Waals surface area contributed by atoms with E-state index in [1.54, 1.807) is 0 Å². The number of aliphatic hydroxyl groups excluding tert-OH is 3. The number of nitrogens with zero attached hydrogens (tertiary/aromatic N) is 3. The Hall–Kier alpha value is -1.61. The van der Waals surface area contributed by atoms with E-state index >= 15 is 0 Å². The molecule has 4 unspecified atom stereocenters. The number of phosphoric acid groups is 4. The molecule has 3 heterocycles. The summed E-state index contributed by atoms with van der Waals surface area (Å²) in [5.41, 5.74) is 9.80. The number of rotatable bonds is 20. The third-order valence-corrected chi connectivity index (χ3v) is 10.7. The number of anilines is 1.